The van der Waals surface area contributed by atoms with Crippen LogP contribution in [0.1, 0.15) is 42.5 Å². The van der Waals surface area contributed by atoms with E-state index in [4.69, 9.17) is 9.97 Å². The predicted octanol–water partition coefficient (Wildman–Crippen LogP) is 13.3. The first-order chi connectivity index (χ1) is 27.8. The van der Waals surface area contributed by atoms with Crippen molar-refractivity contribution in [2.24, 2.45) is 0 Å². The van der Waals surface area contributed by atoms with E-state index in [1.165, 1.54) is 49.4 Å². The van der Waals surface area contributed by atoms with Crippen LogP contribution in [-0.2, 0) is 0 Å². The summed E-state index contributed by atoms with van der Waals surface area (Å²) in [6, 6.07) is 54.4. The fraction of sp³-hybridized carbons (Fsp3) is 0.0769. The van der Waals surface area contributed by atoms with Crippen LogP contribution in [0.15, 0.2) is 182 Å². The van der Waals surface area contributed by atoms with Crippen LogP contribution in [0, 0.1) is 0 Å². The zero-order valence-corrected chi connectivity index (χ0v) is 30.9. The summed E-state index contributed by atoms with van der Waals surface area (Å²) < 4.78 is 4.71. The molecule has 0 atom stereocenters. The summed E-state index contributed by atoms with van der Waals surface area (Å²) in [7, 11) is 0. The number of fused-ring (bicyclic) bond motifs is 7. The van der Waals surface area contributed by atoms with Gasteiger partial charge in [0, 0.05) is 27.1 Å². The first-order valence-electron chi connectivity index (χ1n) is 19.6. The number of benzene rings is 5. The van der Waals surface area contributed by atoms with Crippen molar-refractivity contribution in [1.29, 1.82) is 0 Å². The van der Waals surface area contributed by atoms with E-state index in [9.17, 15) is 0 Å². The number of hydrogen-bond acceptors (Lipinski definition) is 2. The summed E-state index contributed by atoms with van der Waals surface area (Å²) in [5.74, 6) is 1.80. The molecule has 2 aliphatic rings. The van der Waals surface area contributed by atoms with Gasteiger partial charge in [-0.25, -0.2) is 9.97 Å². The first kappa shape index (κ1) is 32.4. The Hall–Kier alpha value is -7.04. The third-order valence-electron chi connectivity index (χ3n) is 11.4. The zero-order valence-electron chi connectivity index (χ0n) is 30.9. The minimum absolute atomic E-state index is 0.894. The molecule has 0 radical (unpaired) electrons. The molecule has 56 heavy (non-hydrogen) atoms. The summed E-state index contributed by atoms with van der Waals surface area (Å²) in [5, 5.41) is 4.78. The van der Waals surface area contributed by atoms with Crippen molar-refractivity contribution in [2.75, 3.05) is 0 Å². The Bertz CT molecular complexity index is 3130. The third-order valence-corrected chi connectivity index (χ3v) is 11.4. The van der Waals surface area contributed by atoms with Crippen LogP contribution in [0.5, 0.6) is 0 Å². The molecule has 0 saturated heterocycles. The average molecular weight is 719 g/mol. The molecular formula is C52H38N4. The molecule has 2 aliphatic carbocycles. The number of nitrogens with zero attached hydrogens (tertiary/aromatic N) is 4. The summed E-state index contributed by atoms with van der Waals surface area (Å²) >= 11 is 0. The van der Waals surface area contributed by atoms with E-state index in [-0.39, 0.29) is 0 Å². The van der Waals surface area contributed by atoms with Crippen molar-refractivity contribution in [2.45, 2.75) is 25.7 Å². The highest BCUT2D eigenvalue weighted by atomic mass is 15.1. The van der Waals surface area contributed by atoms with Crippen molar-refractivity contribution < 1.29 is 0 Å². The molecule has 9 aromatic rings. The summed E-state index contributed by atoms with van der Waals surface area (Å²) in [4.78, 5) is 10.8. The highest BCUT2D eigenvalue weighted by molar-refractivity contribution is 6.26. The van der Waals surface area contributed by atoms with Gasteiger partial charge in [0.05, 0.1) is 33.5 Å². The Labute approximate surface area is 325 Å². The number of hydrogen-bond donors (Lipinski definition) is 0. The molecule has 4 heteroatoms. The van der Waals surface area contributed by atoms with E-state index in [2.05, 4.69) is 191 Å². The first-order valence-corrected chi connectivity index (χ1v) is 19.6. The van der Waals surface area contributed by atoms with Crippen LogP contribution < -0.4 is 0 Å². The Morgan fingerprint density at radius 3 is 1.96 bits per heavy atom. The number of rotatable bonds is 6. The Kier molecular flexibility index (Phi) is 7.73. The molecule has 266 valence electrons. The SMILES string of the molecule is C1=CC(c2cccc(-c3cccc(-n4c5ccccc5c5ccc6c(c7ccccc7n6-c6cccc(C7=CCCC(c8ccccc8)=C7)n6)c54)n3)c2)=CCC1. The lowest BCUT2D eigenvalue weighted by atomic mass is 9.92. The molecule has 0 amide bonds. The molecule has 11 rings (SSSR count). The van der Waals surface area contributed by atoms with Crippen LogP contribution in [0.25, 0.3) is 83.2 Å². The molecule has 4 nitrogen and oxygen atoms in total. The Morgan fingerprint density at radius 1 is 0.446 bits per heavy atom. The second-order valence-electron chi connectivity index (χ2n) is 14.8. The van der Waals surface area contributed by atoms with E-state index in [0.717, 1.165) is 76.3 Å². The van der Waals surface area contributed by atoms with Crippen molar-refractivity contribution in [1.82, 2.24) is 19.1 Å². The second kappa shape index (κ2) is 13.4. The van der Waals surface area contributed by atoms with Gasteiger partial charge in [-0.2, -0.15) is 0 Å². The largest absolute Gasteiger partial charge is 0.294 e. The molecule has 0 aliphatic heterocycles. The fourth-order valence-corrected chi connectivity index (χ4v) is 8.86. The number of para-hydroxylation sites is 2. The maximum Gasteiger partial charge on any atom is 0.138 e. The molecule has 0 unspecified atom stereocenters. The predicted molar refractivity (Wildman–Crippen MR) is 234 cm³/mol. The van der Waals surface area contributed by atoms with E-state index >= 15 is 0 Å². The third kappa shape index (κ3) is 5.37. The highest BCUT2D eigenvalue weighted by Crippen LogP contribution is 2.42. The standard InChI is InChI=1S/C52H38N4/c1-3-15-35(16-4-1)37-19-11-21-39(33-37)44-25-13-29-49(53-44)55-47-28-10-8-24-43(47)51-48(55)32-31-42-41-23-7-9-27-46(41)56(52(42)51)50-30-14-26-45(54-50)40-22-12-20-38(34-40)36-17-5-2-6-18-36/h1,3-5,7-10,12-18,20-34H,2,6,11,19H2. The topological polar surface area (TPSA) is 35.6 Å². The average Bonchev–Trinajstić information content (AvgIpc) is 3.80. The normalized spacial score (nSPS) is 14.4. The van der Waals surface area contributed by atoms with Gasteiger partial charge in [-0.1, -0.05) is 127 Å². The van der Waals surface area contributed by atoms with Crippen LogP contribution in [0.3, 0.4) is 0 Å². The number of aromatic nitrogens is 4. The molecule has 4 aromatic heterocycles. The Morgan fingerprint density at radius 2 is 1.12 bits per heavy atom. The van der Waals surface area contributed by atoms with Crippen molar-refractivity contribution in [3.05, 3.63) is 199 Å². The van der Waals surface area contributed by atoms with Gasteiger partial charge in [-0.05, 0) is 108 Å². The smallest absolute Gasteiger partial charge is 0.138 e. The monoisotopic (exact) mass is 718 g/mol. The lowest BCUT2D eigenvalue weighted by Crippen LogP contribution is -2.01. The fourth-order valence-electron chi connectivity index (χ4n) is 8.86. The second-order valence-corrected chi connectivity index (χ2v) is 14.8. The van der Waals surface area contributed by atoms with Gasteiger partial charge in [0.25, 0.3) is 0 Å². The Balaban J connectivity index is 1.10. The zero-order chi connectivity index (χ0) is 37.0. The van der Waals surface area contributed by atoms with Gasteiger partial charge >= 0.3 is 0 Å². The molecule has 0 saturated carbocycles. The van der Waals surface area contributed by atoms with Gasteiger partial charge in [-0.3, -0.25) is 9.13 Å². The molecule has 0 spiro atoms. The van der Waals surface area contributed by atoms with Gasteiger partial charge in [0.1, 0.15) is 11.6 Å². The van der Waals surface area contributed by atoms with Crippen LogP contribution in [-0.4, -0.2) is 19.1 Å². The molecule has 0 bridgehead atoms. The minimum Gasteiger partial charge on any atom is -0.294 e. The molecule has 0 fully saturated rings. The molecule has 5 aromatic carbocycles. The van der Waals surface area contributed by atoms with Crippen LogP contribution in [0.4, 0.5) is 0 Å². The van der Waals surface area contributed by atoms with E-state index in [0.29, 0.717) is 0 Å². The van der Waals surface area contributed by atoms with E-state index in [1.54, 1.807) is 0 Å². The van der Waals surface area contributed by atoms with Crippen molar-refractivity contribution in [3.63, 3.8) is 0 Å². The van der Waals surface area contributed by atoms with Crippen LogP contribution in [0.2, 0.25) is 0 Å². The maximum absolute atomic E-state index is 5.41. The lowest BCUT2D eigenvalue weighted by Gasteiger charge is -2.15. The van der Waals surface area contributed by atoms with Gasteiger partial charge in [0.15, 0.2) is 0 Å². The summed E-state index contributed by atoms with van der Waals surface area (Å²) in [6.45, 7) is 0. The lowest BCUT2D eigenvalue weighted by molar-refractivity contribution is 1.04. The number of allylic oxidation sites excluding steroid dienone is 8. The van der Waals surface area contributed by atoms with Gasteiger partial charge in [-0.15, -0.1) is 0 Å². The minimum atomic E-state index is 0.894. The maximum atomic E-state index is 5.41. The highest BCUT2D eigenvalue weighted by Gasteiger charge is 2.22. The van der Waals surface area contributed by atoms with E-state index < -0.39 is 0 Å². The van der Waals surface area contributed by atoms with Crippen molar-refractivity contribution >= 4 is 60.3 Å². The van der Waals surface area contributed by atoms with Crippen molar-refractivity contribution in [3.8, 4) is 22.9 Å². The van der Waals surface area contributed by atoms with Gasteiger partial charge in [0.2, 0.25) is 0 Å². The van der Waals surface area contributed by atoms with E-state index in [1.807, 2.05) is 0 Å². The quantitative estimate of drug-likeness (QED) is 0.172. The summed E-state index contributed by atoms with van der Waals surface area (Å²) in [6.07, 6.45) is 15.7. The van der Waals surface area contributed by atoms with Gasteiger partial charge < -0.3 is 0 Å². The summed E-state index contributed by atoms with van der Waals surface area (Å²) in [5.41, 5.74) is 13.9. The molecule has 4 heterocycles. The molecular weight excluding hydrogens is 681 g/mol. The number of pyridine rings is 2. The molecule has 0 N–H and O–H groups in total. The van der Waals surface area contributed by atoms with Crippen LogP contribution >= 0.6 is 0 Å².